The molecule has 0 aliphatic rings. The molecular formula is C7H22N3O4P. The second-order valence-electron chi connectivity index (χ2n) is 2.90. The Morgan fingerprint density at radius 2 is 1.33 bits per heavy atom. The average molecular weight is 243 g/mol. The van der Waals surface area contributed by atoms with Crippen molar-refractivity contribution in [2.45, 2.75) is 19.3 Å². The van der Waals surface area contributed by atoms with Crippen molar-refractivity contribution in [3.8, 4) is 0 Å². The predicted octanol–water partition coefficient (Wildman–Crippen LogP) is -1.26. The van der Waals surface area contributed by atoms with E-state index in [0.717, 1.165) is 39.0 Å². The van der Waals surface area contributed by atoms with Gasteiger partial charge in [0.2, 0.25) is 0 Å². The summed E-state index contributed by atoms with van der Waals surface area (Å²) in [7, 11) is -4.64. The minimum atomic E-state index is -4.64. The monoisotopic (exact) mass is 243 g/mol. The maximum atomic E-state index is 8.88. The fourth-order valence-electron chi connectivity index (χ4n) is 0.746. The van der Waals surface area contributed by atoms with Gasteiger partial charge in [0, 0.05) is 0 Å². The molecule has 0 atom stereocenters. The van der Waals surface area contributed by atoms with Crippen LogP contribution < -0.4 is 16.8 Å². The highest BCUT2D eigenvalue weighted by atomic mass is 31.2. The summed E-state index contributed by atoms with van der Waals surface area (Å²) in [6, 6.07) is 0. The minimum absolute atomic E-state index is 0.782. The van der Waals surface area contributed by atoms with Crippen LogP contribution in [0.2, 0.25) is 0 Å². The molecule has 0 saturated carbocycles. The molecule has 0 spiro atoms. The largest absolute Gasteiger partial charge is 0.466 e. The summed E-state index contributed by atoms with van der Waals surface area (Å²) in [5.74, 6) is 0. The first-order chi connectivity index (χ1) is 6.91. The van der Waals surface area contributed by atoms with Gasteiger partial charge in [0.25, 0.3) is 0 Å². The van der Waals surface area contributed by atoms with Gasteiger partial charge in [-0.2, -0.15) is 0 Å². The van der Waals surface area contributed by atoms with Crippen LogP contribution in [-0.4, -0.2) is 40.9 Å². The van der Waals surface area contributed by atoms with Gasteiger partial charge >= 0.3 is 7.82 Å². The third-order valence-electron chi connectivity index (χ3n) is 1.37. The van der Waals surface area contributed by atoms with E-state index in [2.05, 4.69) is 5.32 Å². The van der Waals surface area contributed by atoms with Gasteiger partial charge in [0.15, 0.2) is 0 Å². The molecule has 8 N–H and O–H groups in total. The summed E-state index contributed by atoms with van der Waals surface area (Å²) < 4.78 is 8.88. The standard InChI is InChI=1S/C7H19N3.H3O4P/c8-4-1-2-6-10-7-3-5-9;1-5(2,3)4/h10H,1-9H2;(H3,1,2,3,4). The molecule has 0 fully saturated rings. The highest BCUT2D eigenvalue weighted by Crippen LogP contribution is 2.25. The molecule has 7 nitrogen and oxygen atoms in total. The van der Waals surface area contributed by atoms with Crippen molar-refractivity contribution in [3.63, 3.8) is 0 Å². The molecule has 0 amide bonds. The van der Waals surface area contributed by atoms with E-state index in [4.69, 9.17) is 30.7 Å². The van der Waals surface area contributed by atoms with Crippen molar-refractivity contribution in [1.29, 1.82) is 0 Å². The van der Waals surface area contributed by atoms with Gasteiger partial charge in [-0.25, -0.2) is 4.57 Å². The van der Waals surface area contributed by atoms with E-state index in [0.29, 0.717) is 0 Å². The maximum Gasteiger partial charge on any atom is 0.466 e. The van der Waals surface area contributed by atoms with Crippen molar-refractivity contribution in [2.75, 3.05) is 26.2 Å². The first-order valence-corrected chi connectivity index (χ1v) is 6.37. The number of nitrogens with two attached hydrogens (primary N) is 2. The van der Waals surface area contributed by atoms with E-state index in [9.17, 15) is 0 Å². The molecule has 0 radical (unpaired) electrons. The van der Waals surface area contributed by atoms with Crippen molar-refractivity contribution in [2.24, 2.45) is 11.5 Å². The first kappa shape index (κ1) is 17.4. The molecule has 0 aromatic rings. The van der Waals surface area contributed by atoms with Gasteiger partial charge in [-0.1, -0.05) is 0 Å². The Balaban J connectivity index is 0. The van der Waals surface area contributed by atoms with Crippen LogP contribution in [0.5, 0.6) is 0 Å². The van der Waals surface area contributed by atoms with Crippen molar-refractivity contribution < 1.29 is 19.2 Å². The Labute approximate surface area is 90.1 Å². The van der Waals surface area contributed by atoms with Crippen molar-refractivity contribution in [1.82, 2.24) is 5.32 Å². The van der Waals surface area contributed by atoms with E-state index in [1.807, 2.05) is 0 Å². The van der Waals surface area contributed by atoms with Crippen molar-refractivity contribution in [3.05, 3.63) is 0 Å². The number of phosphoric acid groups is 1. The van der Waals surface area contributed by atoms with E-state index in [1.165, 1.54) is 6.42 Å². The summed E-state index contributed by atoms with van der Waals surface area (Å²) in [6.07, 6.45) is 3.37. The Morgan fingerprint density at radius 1 is 0.933 bits per heavy atom. The molecule has 0 heterocycles. The lowest BCUT2D eigenvalue weighted by Gasteiger charge is -2.01. The van der Waals surface area contributed by atoms with Crippen LogP contribution in [0.15, 0.2) is 0 Å². The minimum Gasteiger partial charge on any atom is -0.330 e. The van der Waals surface area contributed by atoms with Crippen LogP contribution in [0, 0.1) is 0 Å². The zero-order valence-electron chi connectivity index (χ0n) is 8.80. The van der Waals surface area contributed by atoms with E-state index in [1.54, 1.807) is 0 Å². The van der Waals surface area contributed by atoms with Crippen LogP contribution in [0.3, 0.4) is 0 Å². The molecule has 0 saturated heterocycles. The van der Waals surface area contributed by atoms with E-state index in [-0.39, 0.29) is 0 Å². The molecule has 0 aromatic carbocycles. The molecule has 0 bridgehead atoms. The lowest BCUT2D eigenvalue weighted by molar-refractivity contribution is 0.275. The second-order valence-corrected chi connectivity index (χ2v) is 3.93. The molecule has 0 rings (SSSR count). The number of hydrogen-bond acceptors (Lipinski definition) is 4. The van der Waals surface area contributed by atoms with Gasteiger partial charge in [0.1, 0.15) is 0 Å². The topological polar surface area (TPSA) is 142 Å². The van der Waals surface area contributed by atoms with Gasteiger partial charge in [-0.15, -0.1) is 0 Å². The lowest BCUT2D eigenvalue weighted by Crippen LogP contribution is -2.19. The molecule has 0 aromatic heterocycles. The highest BCUT2D eigenvalue weighted by Gasteiger charge is 2.00. The third-order valence-corrected chi connectivity index (χ3v) is 1.37. The third kappa shape index (κ3) is 41.2. The van der Waals surface area contributed by atoms with E-state index < -0.39 is 7.82 Å². The lowest BCUT2D eigenvalue weighted by atomic mass is 10.3. The summed E-state index contributed by atoms with van der Waals surface area (Å²) in [5.41, 5.74) is 10.6. The summed E-state index contributed by atoms with van der Waals surface area (Å²) in [6.45, 7) is 3.71. The molecule has 0 aliphatic carbocycles. The van der Waals surface area contributed by atoms with Crippen LogP contribution >= 0.6 is 7.82 Å². The molecular weight excluding hydrogens is 221 g/mol. The number of hydrogen-bond donors (Lipinski definition) is 6. The summed E-state index contributed by atoms with van der Waals surface area (Å²) >= 11 is 0. The maximum absolute atomic E-state index is 8.88. The Morgan fingerprint density at radius 3 is 1.73 bits per heavy atom. The van der Waals surface area contributed by atoms with Crippen LogP contribution in [0.1, 0.15) is 19.3 Å². The average Bonchev–Trinajstić information content (AvgIpc) is 2.08. The quantitative estimate of drug-likeness (QED) is 0.242. The number of rotatable bonds is 7. The highest BCUT2D eigenvalue weighted by molar-refractivity contribution is 7.45. The van der Waals surface area contributed by atoms with Gasteiger partial charge in [0.05, 0.1) is 0 Å². The van der Waals surface area contributed by atoms with Crippen LogP contribution in [0.4, 0.5) is 0 Å². The zero-order valence-corrected chi connectivity index (χ0v) is 9.70. The Bertz CT molecular complexity index is 148. The molecule has 0 unspecified atom stereocenters. The van der Waals surface area contributed by atoms with Gasteiger partial charge in [-0.3, -0.25) is 0 Å². The Hall–Kier alpha value is -0.0100. The fraction of sp³-hybridized carbons (Fsp3) is 1.00. The predicted molar refractivity (Wildman–Crippen MR) is 59.1 cm³/mol. The van der Waals surface area contributed by atoms with E-state index >= 15 is 0 Å². The molecule has 8 heteroatoms. The van der Waals surface area contributed by atoms with Crippen molar-refractivity contribution >= 4 is 7.82 Å². The molecule has 94 valence electrons. The number of nitrogens with one attached hydrogen (secondary N) is 1. The van der Waals surface area contributed by atoms with Gasteiger partial charge in [-0.05, 0) is 45.4 Å². The van der Waals surface area contributed by atoms with Gasteiger partial charge < -0.3 is 31.5 Å². The van der Waals surface area contributed by atoms with Crippen LogP contribution in [0.25, 0.3) is 0 Å². The number of unbranched alkanes of at least 4 members (excludes halogenated alkanes) is 1. The first-order valence-electron chi connectivity index (χ1n) is 4.81. The fourth-order valence-corrected chi connectivity index (χ4v) is 0.746. The Kier molecular flexibility index (Phi) is 14.0. The SMILES string of the molecule is NCCCCNCCCN.O=P(O)(O)O. The second kappa shape index (κ2) is 12.1. The normalized spacial score (nSPS) is 10.7. The zero-order chi connectivity index (χ0) is 12.2. The molecule has 0 aliphatic heterocycles. The summed E-state index contributed by atoms with van der Waals surface area (Å²) in [4.78, 5) is 21.6. The smallest absolute Gasteiger partial charge is 0.330 e. The van der Waals surface area contributed by atoms with Crippen LogP contribution in [-0.2, 0) is 4.57 Å². The molecule has 15 heavy (non-hydrogen) atoms. The summed E-state index contributed by atoms with van der Waals surface area (Å²) in [5, 5.41) is 3.29.